The van der Waals surface area contributed by atoms with Gasteiger partial charge >= 0.3 is 0 Å². The second-order valence-corrected chi connectivity index (χ2v) is 8.31. The van der Waals surface area contributed by atoms with Crippen molar-refractivity contribution in [2.75, 3.05) is 62.4 Å². The van der Waals surface area contributed by atoms with E-state index in [9.17, 15) is 0 Å². The van der Waals surface area contributed by atoms with Gasteiger partial charge in [-0.25, -0.2) is 9.97 Å². The molecular formula is C24H34N4O2. The summed E-state index contributed by atoms with van der Waals surface area (Å²) in [5.74, 6) is 3.96. The fourth-order valence-electron chi connectivity index (χ4n) is 4.31. The predicted octanol–water partition coefficient (Wildman–Crippen LogP) is 3.87. The first kappa shape index (κ1) is 21.1. The molecular weight excluding hydrogens is 376 g/mol. The Morgan fingerprint density at radius 3 is 1.80 bits per heavy atom. The molecule has 2 atom stereocenters. The van der Waals surface area contributed by atoms with Gasteiger partial charge in [0, 0.05) is 62.9 Å². The Balaban J connectivity index is 1.66. The molecule has 0 aliphatic carbocycles. The highest BCUT2D eigenvalue weighted by Crippen LogP contribution is 2.27. The van der Waals surface area contributed by atoms with E-state index in [0.29, 0.717) is 11.8 Å². The predicted molar refractivity (Wildman–Crippen MR) is 121 cm³/mol. The van der Waals surface area contributed by atoms with Crippen molar-refractivity contribution in [2.24, 2.45) is 11.8 Å². The molecule has 2 aromatic rings. The van der Waals surface area contributed by atoms with Crippen molar-refractivity contribution in [1.82, 2.24) is 9.97 Å². The number of hydrogen-bond donors (Lipinski definition) is 0. The molecule has 2 saturated heterocycles. The molecule has 6 nitrogen and oxygen atoms in total. The Hall–Kier alpha value is -2.18. The molecule has 0 spiro atoms. The third kappa shape index (κ3) is 5.10. The normalized spacial score (nSPS) is 21.1. The molecule has 1 aromatic carbocycles. The first-order valence-corrected chi connectivity index (χ1v) is 11.4. The molecule has 2 aliphatic heterocycles. The van der Waals surface area contributed by atoms with Gasteiger partial charge in [0.15, 0.2) is 5.82 Å². The van der Waals surface area contributed by atoms with Gasteiger partial charge in [0.2, 0.25) is 0 Å². The number of hydrogen-bond acceptors (Lipinski definition) is 6. The van der Waals surface area contributed by atoms with Gasteiger partial charge in [-0.1, -0.05) is 30.3 Å². The fraction of sp³-hybridized carbons (Fsp3) is 0.583. The zero-order chi connectivity index (χ0) is 20.8. The van der Waals surface area contributed by atoms with Crippen molar-refractivity contribution < 1.29 is 9.47 Å². The monoisotopic (exact) mass is 410 g/mol. The van der Waals surface area contributed by atoms with Crippen molar-refractivity contribution in [2.45, 2.75) is 26.7 Å². The lowest BCUT2D eigenvalue weighted by atomic mass is 10.1. The summed E-state index contributed by atoms with van der Waals surface area (Å²) in [6, 6.07) is 12.5. The molecule has 162 valence electrons. The van der Waals surface area contributed by atoms with Crippen LogP contribution in [-0.4, -0.2) is 62.6 Å². The van der Waals surface area contributed by atoms with Crippen LogP contribution in [0.25, 0.3) is 11.4 Å². The number of anilines is 2. The van der Waals surface area contributed by atoms with Crippen LogP contribution in [0.5, 0.6) is 0 Å². The summed E-state index contributed by atoms with van der Waals surface area (Å²) >= 11 is 0. The highest BCUT2D eigenvalue weighted by Gasteiger charge is 2.23. The molecule has 0 N–H and O–H groups in total. The van der Waals surface area contributed by atoms with Gasteiger partial charge in [-0.15, -0.1) is 0 Å². The molecule has 0 saturated carbocycles. The average molecular weight is 411 g/mol. The lowest BCUT2D eigenvalue weighted by Gasteiger charge is -2.29. The molecule has 1 aromatic heterocycles. The molecule has 4 rings (SSSR count). The van der Waals surface area contributed by atoms with Gasteiger partial charge in [-0.05, 0) is 26.7 Å². The second kappa shape index (κ2) is 10.2. The lowest BCUT2D eigenvalue weighted by Crippen LogP contribution is -2.33. The summed E-state index contributed by atoms with van der Waals surface area (Å²) in [6.07, 6.45) is 2.26. The standard InChI is InChI=1S/C24H34N4O2/c1-3-27(15-19-10-12-29-17-19)22-14-23(28(4-2)16-20-11-13-30-18-20)26-24(25-22)21-8-6-5-7-9-21/h5-9,14,19-20H,3-4,10-13,15-18H2,1-2H3. The van der Waals surface area contributed by atoms with Gasteiger partial charge in [0.05, 0.1) is 13.2 Å². The van der Waals surface area contributed by atoms with Crippen molar-refractivity contribution in [3.63, 3.8) is 0 Å². The van der Waals surface area contributed by atoms with E-state index in [4.69, 9.17) is 19.4 Å². The van der Waals surface area contributed by atoms with E-state index in [1.165, 1.54) is 0 Å². The van der Waals surface area contributed by atoms with Crippen LogP contribution in [0.1, 0.15) is 26.7 Å². The number of nitrogens with zero attached hydrogens (tertiary/aromatic N) is 4. The molecule has 2 fully saturated rings. The largest absolute Gasteiger partial charge is 0.381 e. The highest BCUT2D eigenvalue weighted by atomic mass is 16.5. The van der Waals surface area contributed by atoms with Gasteiger partial charge < -0.3 is 19.3 Å². The quantitative estimate of drug-likeness (QED) is 0.626. The molecule has 0 bridgehead atoms. The lowest BCUT2D eigenvalue weighted by molar-refractivity contribution is 0.186. The van der Waals surface area contributed by atoms with Crippen molar-refractivity contribution in [1.29, 1.82) is 0 Å². The van der Waals surface area contributed by atoms with Crippen LogP contribution < -0.4 is 9.80 Å². The molecule has 30 heavy (non-hydrogen) atoms. The van der Waals surface area contributed by atoms with E-state index < -0.39 is 0 Å². The minimum atomic E-state index is 0.571. The Kier molecular flexibility index (Phi) is 7.18. The SMILES string of the molecule is CCN(CC1CCOC1)c1cc(N(CC)CC2CCOC2)nc(-c2ccccc2)n1. The Bertz CT molecular complexity index is 745. The van der Waals surface area contributed by atoms with E-state index >= 15 is 0 Å². The Morgan fingerprint density at radius 1 is 0.833 bits per heavy atom. The third-order valence-corrected chi connectivity index (χ3v) is 6.15. The maximum absolute atomic E-state index is 5.61. The van der Waals surface area contributed by atoms with Crippen LogP contribution in [0, 0.1) is 11.8 Å². The van der Waals surface area contributed by atoms with Crippen molar-refractivity contribution >= 4 is 11.6 Å². The topological polar surface area (TPSA) is 50.7 Å². The van der Waals surface area contributed by atoms with Gasteiger partial charge in [0.25, 0.3) is 0 Å². The van der Waals surface area contributed by atoms with Crippen LogP contribution in [0.3, 0.4) is 0 Å². The van der Waals surface area contributed by atoms with E-state index in [0.717, 1.165) is 88.5 Å². The molecule has 6 heteroatoms. The van der Waals surface area contributed by atoms with E-state index in [2.05, 4.69) is 41.8 Å². The second-order valence-electron chi connectivity index (χ2n) is 8.31. The van der Waals surface area contributed by atoms with Crippen LogP contribution >= 0.6 is 0 Å². The molecule has 3 heterocycles. The van der Waals surface area contributed by atoms with E-state index in [1.807, 2.05) is 18.2 Å². The summed E-state index contributed by atoms with van der Waals surface area (Å²) in [5, 5.41) is 0. The maximum Gasteiger partial charge on any atom is 0.163 e. The van der Waals surface area contributed by atoms with Crippen LogP contribution in [0.2, 0.25) is 0 Å². The Labute approximate surface area is 180 Å². The number of rotatable bonds is 9. The zero-order valence-corrected chi connectivity index (χ0v) is 18.3. The first-order chi connectivity index (χ1) is 14.8. The number of ether oxygens (including phenoxy) is 2. The Morgan fingerprint density at radius 2 is 1.37 bits per heavy atom. The van der Waals surface area contributed by atoms with Crippen molar-refractivity contribution in [3.05, 3.63) is 36.4 Å². The smallest absolute Gasteiger partial charge is 0.163 e. The zero-order valence-electron chi connectivity index (χ0n) is 18.3. The number of benzene rings is 1. The van der Waals surface area contributed by atoms with Crippen LogP contribution in [-0.2, 0) is 9.47 Å². The van der Waals surface area contributed by atoms with E-state index in [-0.39, 0.29) is 0 Å². The van der Waals surface area contributed by atoms with Gasteiger partial charge in [-0.3, -0.25) is 0 Å². The van der Waals surface area contributed by atoms with Crippen molar-refractivity contribution in [3.8, 4) is 11.4 Å². The summed E-state index contributed by atoms with van der Waals surface area (Å²) in [4.78, 5) is 14.7. The molecule has 0 radical (unpaired) electrons. The summed E-state index contributed by atoms with van der Waals surface area (Å²) in [7, 11) is 0. The summed E-state index contributed by atoms with van der Waals surface area (Å²) < 4.78 is 11.2. The summed E-state index contributed by atoms with van der Waals surface area (Å²) in [6.45, 7) is 11.6. The van der Waals surface area contributed by atoms with E-state index in [1.54, 1.807) is 0 Å². The summed E-state index contributed by atoms with van der Waals surface area (Å²) in [5.41, 5.74) is 1.06. The van der Waals surface area contributed by atoms with Crippen LogP contribution in [0.4, 0.5) is 11.6 Å². The van der Waals surface area contributed by atoms with Crippen LogP contribution in [0.15, 0.2) is 36.4 Å². The minimum absolute atomic E-state index is 0.571. The fourth-order valence-corrected chi connectivity index (χ4v) is 4.31. The molecule has 2 aliphatic rings. The van der Waals surface area contributed by atoms with Gasteiger partial charge in [-0.2, -0.15) is 0 Å². The average Bonchev–Trinajstić information content (AvgIpc) is 3.50. The maximum atomic E-state index is 5.61. The molecule has 0 amide bonds. The highest BCUT2D eigenvalue weighted by molar-refractivity contribution is 5.62. The first-order valence-electron chi connectivity index (χ1n) is 11.4. The minimum Gasteiger partial charge on any atom is -0.381 e. The molecule has 2 unspecified atom stereocenters. The third-order valence-electron chi connectivity index (χ3n) is 6.15. The number of aromatic nitrogens is 2. The van der Waals surface area contributed by atoms with Gasteiger partial charge in [0.1, 0.15) is 11.6 Å².